The first-order chi connectivity index (χ1) is 21.6. The molecule has 1 heterocycles. The molecule has 0 atom stereocenters. The number of rotatable bonds is 11. The number of aromatic nitrogens is 2. The van der Waals surface area contributed by atoms with Gasteiger partial charge in [0.2, 0.25) is 0 Å². The molecule has 0 amide bonds. The second kappa shape index (κ2) is 14.4. The highest BCUT2D eigenvalue weighted by molar-refractivity contribution is 6.36. The SMILES string of the molecule is COC(=O)CNc1cccc(-n2cc(-c3ccc(Cl)cc3Cl)nc2Cc2ccc(-c3ccc(CCCC(C)(C)C)cc3)cc2)c1. The van der Waals surface area contributed by atoms with Crippen molar-refractivity contribution in [1.29, 1.82) is 0 Å². The van der Waals surface area contributed by atoms with E-state index in [1.54, 1.807) is 6.07 Å². The van der Waals surface area contributed by atoms with E-state index in [9.17, 15) is 4.79 Å². The van der Waals surface area contributed by atoms with E-state index in [1.165, 1.54) is 36.6 Å². The van der Waals surface area contributed by atoms with Gasteiger partial charge in [0.05, 0.1) is 17.8 Å². The van der Waals surface area contributed by atoms with Crippen LogP contribution in [0.1, 0.15) is 50.6 Å². The van der Waals surface area contributed by atoms with E-state index in [0.29, 0.717) is 21.9 Å². The highest BCUT2D eigenvalue weighted by Crippen LogP contribution is 2.32. The van der Waals surface area contributed by atoms with Crippen LogP contribution in [0.3, 0.4) is 0 Å². The molecule has 0 aliphatic heterocycles. The molecular formula is C38H39Cl2N3O2. The Morgan fingerprint density at radius 2 is 1.58 bits per heavy atom. The Bertz CT molecular complexity index is 1750. The fourth-order valence-corrected chi connectivity index (χ4v) is 5.80. The molecule has 0 radical (unpaired) electrons. The fraction of sp³-hybridized carbons (Fsp3) is 0.263. The minimum Gasteiger partial charge on any atom is -0.468 e. The van der Waals surface area contributed by atoms with Crippen LogP contribution in [-0.4, -0.2) is 29.2 Å². The smallest absolute Gasteiger partial charge is 0.325 e. The van der Waals surface area contributed by atoms with Crippen molar-refractivity contribution in [3.63, 3.8) is 0 Å². The van der Waals surface area contributed by atoms with Gasteiger partial charge in [-0.2, -0.15) is 0 Å². The number of hydrogen-bond acceptors (Lipinski definition) is 4. The Morgan fingerprint density at radius 1 is 0.889 bits per heavy atom. The van der Waals surface area contributed by atoms with E-state index >= 15 is 0 Å². The summed E-state index contributed by atoms with van der Waals surface area (Å²) in [6, 6.07) is 30.9. The molecule has 0 saturated carbocycles. The average Bonchev–Trinajstić information content (AvgIpc) is 3.43. The van der Waals surface area contributed by atoms with E-state index < -0.39 is 0 Å². The summed E-state index contributed by atoms with van der Waals surface area (Å²) in [5.74, 6) is 0.521. The second-order valence-corrected chi connectivity index (χ2v) is 13.3. The minimum absolute atomic E-state index is 0.0780. The van der Waals surface area contributed by atoms with Gasteiger partial charge < -0.3 is 14.6 Å². The van der Waals surface area contributed by atoms with Gasteiger partial charge in [0.1, 0.15) is 12.4 Å². The number of hydrogen-bond donors (Lipinski definition) is 1. The minimum atomic E-state index is -0.334. The van der Waals surface area contributed by atoms with Gasteiger partial charge in [0.15, 0.2) is 0 Å². The lowest BCUT2D eigenvalue weighted by molar-refractivity contribution is -0.138. The van der Waals surface area contributed by atoms with Gasteiger partial charge >= 0.3 is 5.97 Å². The maximum Gasteiger partial charge on any atom is 0.325 e. The third-order valence-corrected chi connectivity index (χ3v) is 8.32. The van der Waals surface area contributed by atoms with Crippen molar-refractivity contribution in [2.75, 3.05) is 19.0 Å². The van der Waals surface area contributed by atoms with Crippen molar-refractivity contribution < 1.29 is 9.53 Å². The first-order valence-electron chi connectivity index (χ1n) is 15.2. The summed E-state index contributed by atoms with van der Waals surface area (Å²) in [5.41, 5.74) is 8.54. The predicted octanol–water partition coefficient (Wildman–Crippen LogP) is 10.1. The maximum atomic E-state index is 11.7. The summed E-state index contributed by atoms with van der Waals surface area (Å²) in [6.45, 7) is 6.97. The highest BCUT2D eigenvalue weighted by atomic mass is 35.5. The Hall–Kier alpha value is -4.06. The number of methoxy groups -OCH3 is 1. The maximum absolute atomic E-state index is 11.7. The van der Waals surface area contributed by atoms with Gasteiger partial charge in [-0.3, -0.25) is 4.79 Å². The fourth-order valence-electron chi connectivity index (χ4n) is 5.29. The molecule has 0 aliphatic rings. The van der Waals surface area contributed by atoms with Crippen molar-refractivity contribution >= 4 is 34.9 Å². The third-order valence-electron chi connectivity index (χ3n) is 7.77. The summed E-state index contributed by atoms with van der Waals surface area (Å²) < 4.78 is 6.84. The lowest BCUT2D eigenvalue weighted by Crippen LogP contribution is -2.15. The molecule has 1 aromatic heterocycles. The van der Waals surface area contributed by atoms with Crippen molar-refractivity contribution in [2.45, 2.75) is 46.5 Å². The van der Waals surface area contributed by atoms with E-state index in [0.717, 1.165) is 40.4 Å². The molecule has 5 rings (SSSR count). The number of anilines is 1. The molecule has 4 aromatic carbocycles. The third kappa shape index (κ3) is 8.78. The van der Waals surface area contributed by atoms with E-state index in [2.05, 4.69) is 79.2 Å². The van der Waals surface area contributed by atoms with Crippen LogP contribution in [0, 0.1) is 5.41 Å². The zero-order valence-electron chi connectivity index (χ0n) is 26.2. The molecule has 232 valence electrons. The number of ether oxygens (including phenoxy) is 1. The van der Waals surface area contributed by atoms with Gasteiger partial charge in [0, 0.05) is 34.6 Å². The molecule has 0 unspecified atom stereocenters. The number of imidazole rings is 1. The van der Waals surface area contributed by atoms with Crippen LogP contribution in [0.25, 0.3) is 28.1 Å². The van der Waals surface area contributed by atoms with Crippen LogP contribution in [0.5, 0.6) is 0 Å². The lowest BCUT2D eigenvalue weighted by atomic mass is 9.89. The molecular weight excluding hydrogens is 601 g/mol. The summed E-state index contributed by atoms with van der Waals surface area (Å²) in [5, 5.41) is 4.24. The summed E-state index contributed by atoms with van der Waals surface area (Å²) >= 11 is 12.8. The van der Waals surface area contributed by atoms with Crippen LogP contribution in [0.4, 0.5) is 5.69 Å². The predicted molar refractivity (Wildman–Crippen MR) is 187 cm³/mol. The second-order valence-electron chi connectivity index (χ2n) is 12.5. The number of benzene rings is 4. The van der Waals surface area contributed by atoms with Crippen molar-refractivity contribution in [3.8, 4) is 28.1 Å². The highest BCUT2D eigenvalue weighted by Gasteiger charge is 2.16. The lowest BCUT2D eigenvalue weighted by Gasteiger charge is -2.17. The monoisotopic (exact) mass is 639 g/mol. The molecule has 0 fully saturated rings. The molecule has 1 N–H and O–H groups in total. The molecule has 45 heavy (non-hydrogen) atoms. The van der Waals surface area contributed by atoms with Crippen LogP contribution < -0.4 is 5.32 Å². The largest absolute Gasteiger partial charge is 0.468 e. The zero-order valence-corrected chi connectivity index (χ0v) is 27.8. The van der Waals surface area contributed by atoms with Crippen LogP contribution in [-0.2, 0) is 22.4 Å². The van der Waals surface area contributed by atoms with Gasteiger partial charge in [-0.25, -0.2) is 4.98 Å². The number of carbonyl (C=O) groups excluding carboxylic acids is 1. The average molecular weight is 641 g/mol. The van der Waals surface area contributed by atoms with E-state index in [4.69, 9.17) is 32.9 Å². The van der Waals surface area contributed by atoms with Gasteiger partial charge in [-0.05, 0) is 83.3 Å². The number of carbonyl (C=O) groups is 1. The van der Waals surface area contributed by atoms with Crippen LogP contribution >= 0.6 is 23.2 Å². The van der Waals surface area contributed by atoms with Gasteiger partial charge in [0.25, 0.3) is 0 Å². The standard InChI is InChI=1S/C38H39Cl2N3O2/c1-38(2,3)20-6-7-26-10-14-28(15-11-26)29-16-12-27(13-17-29)21-36-42-35(33-19-18-30(39)22-34(33)40)25-43(36)32-9-5-8-31(23-32)41-24-37(44)45-4/h5,8-19,22-23,25,41H,6-7,20-21,24H2,1-4H3. The first-order valence-corrected chi connectivity index (χ1v) is 16.0. The Kier molecular flexibility index (Phi) is 10.3. The van der Waals surface area contributed by atoms with E-state index in [1.807, 2.05) is 42.6 Å². The molecule has 0 bridgehead atoms. The van der Waals surface area contributed by atoms with Gasteiger partial charge in [-0.15, -0.1) is 0 Å². The first kappa shape index (κ1) is 32.3. The summed E-state index contributed by atoms with van der Waals surface area (Å²) in [6.07, 6.45) is 6.13. The Balaban J connectivity index is 1.38. The molecule has 5 nitrogen and oxygen atoms in total. The van der Waals surface area contributed by atoms with Crippen molar-refractivity contribution in [3.05, 3.63) is 124 Å². The molecule has 0 spiro atoms. The number of halogens is 2. The number of nitrogens with one attached hydrogen (secondary N) is 1. The molecule has 5 aromatic rings. The van der Waals surface area contributed by atoms with Crippen molar-refractivity contribution in [1.82, 2.24) is 9.55 Å². The number of nitrogens with zero attached hydrogens (tertiary/aromatic N) is 2. The topological polar surface area (TPSA) is 56.1 Å². The van der Waals surface area contributed by atoms with Gasteiger partial charge in [-0.1, -0.05) is 98.6 Å². The zero-order chi connectivity index (χ0) is 32.0. The van der Waals surface area contributed by atoms with Crippen molar-refractivity contribution in [2.24, 2.45) is 5.41 Å². The number of esters is 1. The Labute approximate surface area is 276 Å². The van der Waals surface area contributed by atoms with Crippen LogP contribution in [0.15, 0.2) is 97.2 Å². The molecule has 7 heteroatoms. The molecule has 0 aliphatic carbocycles. The van der Waals surface area contributed by atoms with E-state index in [-0.39, 0.29) is 12.5 Å². The van der Waals surface area contributed by atoms with Crippen LogP contribution in [0.2, 0.25) is 10.0 Å². The molecule has 0 saturated heterocycles. The normalized spacial score (nSPS) is 11.4. The summed E-state index contributed by atoms with van der Waals surface area (Å²) in [4.78, 5) is 16.7. The number of aryl methyl sites for hydroxylation is 1. The summed E-state index contributed by atoms with van der Waals surface area (Å²) in [7, 11) is 1.37. The Morgan fingerprint density at radius 3 is 2.22 bits per heavy atom. The quantitative estimate of drug-likeness (QED) is 0.146.